The minimum atomic E-state index is -0.535. The van der Waals surface area contributed by atoms with Crippen molar-refractivity contribution < 1.29 is 14.0 Å². The number of halogens is 2. The topological polar surface area (TPSA) is 52.7 Å². The highest BCUT2D eigenvalue weighted by Crippen LogP contribution is 2.28. The van der Waals surface area contributed by atoms with E-state index in [0.29, 0.717) is 12.2 Å². The van der Waals surface area contributed by atoms with Gasteiger partial charge in [0.15, 0.2) is 0 Å². The Labute approximate surface area is 174 Å². The molecule has 0 spiro atoms. The lowest BCUT2D eigenvalue weighted by atomic mass is 10.1. The molecule has 152 valence electrons. The van der Waals surface area contributed by atoms with Gasteiger partial charge in [0.1, 0.15) is 5.82 Å². The molecule has 2 amide bonds. The van der Waals surface area contributed by atoms with Crippen molar-refractivity contribution in [1.29, 1.82) is 0 Å². The highest BCUT2D eigenvalue weighted by molar-refractivity contribution is 6.31. The second-order valence-electron chi connectivity index (χ2n) is 7.58. The molecular weight excluding hydrogens is 393 g/mol. The average molecular weight is 416 g/mol. The van der Waals surface area contributed by atoms with Gasteiger partial charge in [0.2, 0.25) is 11.8 Å². The van der Waals surface area contributed by atoms with Gasteiger partial charge in [-0.15, -0.1) is 0 Å². The average Bonchev–Trinajstić information content (AvgIpc) is 3.39. The highest BCUT2D eigenvalue weighted by atomic mass is 35.5. The number of carbonyl (C=O) groups is 2. The van der Waals surface area contributed by atoms with Crippen LogP contribution in [0.3, 0.4) is 0 Å². The predicted octanol–water partition coefficient (Wildman–Crippen LogP) is 3.75. The summed E-state index contributed by atoms with van der Waals surface area (Å²) in [6.45, 7) is 2.88. The minimum absolute atomic E-state index is 0.0411. The van der Waals surface area contributed by atoms with Gasteiger partial charge < -0.3 is 15.1 Å². The Morgan fingerprint density at radius 2 is 1.79 bits per heavy atom. The van der Waals surface area contributed by atoms with Gasteiger partial charge in [-0.05, 0) is 48.7 Å². The summed E-state index contributed by atoms with van der Waals surface area (Å²) in [6, 6.07) is 12.4. The van der Waals surface area contributed by atoms with E-state index >= 15 is 0 Å². The first-order valence-corrected chi connectivity index (χ1v) is 10.3. The number of anilines is 2. The van der Waals surface area contributed by atoms with Gasteiger partial charge in [0, 0.05) is 44.0 Å². The van der Waals surface area contributed by atoms with Crippen LogP contribution in [0, 0.1) is 11.7 Å². The fourth-order valence-electron chi connectivity index (χ4n) is 3.92. The van der Waals surface area contributed by atoms with Crippen molar-refractivity contribution in [3.05, 3.63) is 58.9 Å². The van der Waals surface area contributed by atoms with E-state index in [-0.39, 0.29) is 29.8 Å². The molecule has 0 bridgehead atoms. The van der Waals surface area contributed by atoms with Crippen LogP contribution >= 0.6 is 11.6 Å². The Kier molecular flexibility index (Phi) is 5.72. The fraction of sp³-hybridized carbons (Fsp3) is 0.364. The molecule has 2 heterocycles. The third kappa shape index (κ3) is 4.37. The van der Waals surface area contributed by atoms with Crippen molar-refractivity contribution in [1.82, 2.24) is 5.32 Å². The summed E-state index contributed by atoms with van der Waals surface area (Å²) in [5.41, 5.74) is 2.74. The molecule has 0 aromatic heterocycles. The molecule has 1 N–H and O–H groups in total. The van der Waals surface area contributed by atoms with Crippen LogP contribution < -0.4 is 15.1 Å². The molecule has 2 aromatic rings. The van der Waals surface area contributed by atoms with E-state index in [4.69, 9.17) is 11.6 Å². The van der Waals surface area contributed by atoms with Gasteiger partial charge in [-0.3, -0.25) is 9.59 Å². The van der Waals surface area contributed by atoms with Crippen LogP contribution in [0.2, 0.25) is 5.02 Å². The molecule has 0 aliphatic carbocycles. The lowest BCUT2D eigenvalue weighted by Gasteiger charge is -2.18. The smallest absolute Gasteiger partial charge is 0.227 e. The summed E-state index contributed by atoms with van der Waals surface area (Å²) in [7, 11) is 0. The summed E-state index contributed by atoms with van der Waals surface area (Å²) in [5.74, 6) is -1.29. The second-order valence-corrected chi connectivity index (χ2v) is 7.99. The second kappa shape index (κ2) is 8.41. The van der Waals surface area contributed by atoms with E-state index in [1.54, 1.807) is 0 Å². The van der Waals surface area contributed by atoms with Crippen molar-refractivity contribution in [3.8, 4) is 0 Å². The van der Waals surface area contributed by atoms with E-state index in [0.717, 1.165) is 18.7 Å². The van der Waals surface area contributed by atoms with Crippen molar-refractivity contribution in [2.45, 2.75) is 25.8 Å². The van der Waals surface area contributed by atoms with Gasteiger partial charge in [-0.25, -0.2) is 4.39 Å². The van der Waals surface area contributed by atoms with Crippen LogP contribution in [0.15, 0.2) is 42.5 Å². The van der Waals surface area contributed by atoms with Crippen LogP contribution in [-0.2, 0) is 16.1 Å². The van der Waals surface area contributed by atoms with Crippen molar-refractivity contribution in [3.63, 3.8) is 0 Å². The largest absolute Gasteiger partial charge is 0.372 e. The van der Waals surface area contributed by atoms with Crippen molar-refractivity contribution in [2.75, 3.05) is 29.4 Å². The minimum Gasteiger partial charge on any atom is -0.372 e. The third-order valence-corrected chi connectivity index (χ3v) is 5.87. The molecule has 4 rings (SSSR count). The van der Waals surface area contributed by atoms with Crippen molar-refractivity contribution >= 4 is 34.8 Å². The number of nitrogens with one attached hydrogen (secondary N) is 1. The number of nitrogens with zero attached hydrogens (tertiary/aromatic N) is 2. The lowest BCUT2D eigenvalue weighted by Crippen LogP contribution is -2.32. The Bertz CT molecular complexity index is 913. The molecule has 29 heavy (non-hydrogen) atoms. The maximum atomic E-state index is 13.4. The fourth-order valence-corrected chi connectivity index (χ4v) is 4.09. The molecule has 0 radical (unpaired) electrons. The predicted molar refractivity (Wildman–Crippen MR) is 112 cm³/mol. The van der Waals surface area contributed by atoms with Gasteiger partial charge in [0.05, 0.1) is 10.9 Å². The van der Waals surface area contributed by atoms with Crippen LogP contribution in [0.4, 0.5) is 15.8 Å². The summed E-state index contributed by atoms with van der Waals surface area (Å²) < 4.78 is 13.4. The summed E-state index contributed by atoms with van der Waals surface area (Å²) in [4.78, 5) is 28.7. The van der Waals surface area contributed by atoms with Crippen LogP contribution in [0.1, 0.15) is 24.8 Å². The maximum absolute atomic E-state index is 13.4. The first-order valence-electron chi connectivity index (χ1n) is 9.88. The Hall–Kier alpha value is -2.60. The van der Waals surface area contributed by atoms with Crippen LogP contribution in [-0.4, -0.2) is 31.4 Å². The standard InChI is InChI=1S/C22H23ClFN3O2/c23-19-12-18(7-8-20(19)24)27-14-16(11-21(27)28)22(29)25-13-15-3-5-17(6-4-15)26-9-1-2-10-26/h3-8,12,16H,1-2,9-11,13-14H2,(H,25,29)/t16-/m1/s1. The van der Waals surface area contributed by atoms with Gasteiger partial charge in [-0.2, -0.15) is 0 Å². The number of carbonyl (C=O) groups excluding carboxylic acids is 2. The third-order valence-electron chi connectivity index (χ3n) is 5.58. The monoisotopic (exact) mass is 415 g/mol. The zero-order valence-electron chi connectivity index (χ0n) is 16.0. The first-order chi connectivity index (χ1) is 14.0. The normalized spacial score (nSPS) is 19.1. The molecule has 2 saturated heterocycles. The molecular formula is C22H23ClFN3O2. The number of rotatable bonds is 5. The molecule has 1 atom stereocenters. The van der Waals surface area contributed by atoms with Gasteiger partial charge in [-0.1, -0.05) is 23.7 Å². The quantitative estimate of drug-likeness (QED) is 0.809. The van der Waals surface area contributed by atoms with E-state index in [1.807, 2.05) is 12.1 Å². The van der Waals surface area contributed by atoms with Gasteiger partial charge >= 0.3 is 0 Å². The number of hydrogen-bond acceptors (Lipinski definition) is 3. The molecule has 2 aromatic carbocycles. The van der Waals surface area contributed by atoms with E-state index < -0.39 is 11.7 Å². The molecule has 2 fully saturated rings. The zero-order valence-corrected chi connectivity index (χ0v) is 16.8. The summed E-state index contributed by atoms with van der Waals surface area (Å²) in [5, 5.41) is 2.88. The molecule has 2 aliphatic rings. The lowest BCUT2D eigenvalue weighted by molar-refractivity contribution is -0.126. The summed E-state index contributed by atoms with van der Waals surface area (Å²) >= 11 is 5.81. The zero-order chi connectivity index (χ0) is 20.4. The van der Waals surface area contributed by atoms with Crippen LogP contribution in [0.25, 0.3) is 0 Å². The number of hydrogen-bond donors (Lipinski definition) is 1. The highest BCUT2D eigenvalue weighted by Gasteiger charge is 2.35. The molecule has 0 unspecified atom stereocenters. The van der Waals surface area contributed by atoms with E-state index in [1.165, 1.54) is 41.6 Å². The first kappa shape index (κ1) is 19.7. The van der Waals surface area contributed by atoms with Gasteiger partial charge in [0.25, 0.3) is 0 Å². The van der Waals surface area contributed by atoms with Crippen LogP contribution in [0.5, 0.6) is 0 Å². The molecule has 0 saturated carbocycles. The Morgan fingerprint density at radius 3 is 2.48 bits per heavy atom. The molecule has 7 heteroatoms. The SMILES string of the molecule is O=C(NCc1ccc(N2CCCC2)cc1)[C@@H]1CC(=O)N(c2ccc(F)c(Cl)c2)C1. The molecule has 2 aliphatic heterocycles. The maximum Gasteiger partial charge on any atom is 0.227 e. The summed E-state index contributed by atoms with van der Waals surface area (Å²) in [6.07, 6.45) is 2.60. The van der Waals surface area contributed by atoms with E-state index in [9.17, 15) is 14.0 Å². The number of amides is 2. The van der Waals surface area contributed by atoms with E-state index in [2.05, 4.69) is 22.3 Å². The number of benzene rings is 2. The Morgan fingerprint density at radius 1 is 1.10 bits per heavy atom. The Balaban J connectivity index is 1.33. The van der Waals surface area contributed by atoms with Crippen molar-refractivity contribution in [2.24, 2.45) is 5.92 Å². The molecule has 5 nitrogen and oxygen atoms in total.